The first kappa shape index (κ1) is 12.6. The van der Waals surface area contributed by atoms with Crippen LogP contribution >= 0.6 is 11.3 Å². The summed E-state index contributed by atoms with van der Waals surface area (Å²) in [7, 11) is 0. The van der Waals surface area contributed by atoms with Crippen LogP contribution in [0.5, 0.6) is 0 Å². The number of nitrogens with zero attached hydrogens (tertiary/aromatic N) is 2. The summed E-state index contributed by atoms with van der Waals surface area (Å²) < 4.78 is 0. The molecule has 0 aliphatic carbocycles. The number of anilines is 2. The van der Waals surface area contributed by atoms with Crippen molar-refractivity contribution in [3.8, 4) is 0 Å². The molecule has 0 radical (unpaired) electrons. The van der Waals surface area contributed by atoms with Gasteiger partial charge in [-0.25, -0.2) is 9.78 Å². The molecule has 0 saturated heterocycles. The third kappa shape index (κ3) is 2.51. The molecule has 18 heavy (non-hydrogen) atoms. The van der Waals surface area contributed by atoms with E-state index in [1.165, 1.54) is 16.9 Å². The summed E-state index contributed by atoms with van der Waals surface area (Å²) in [6.07, 6.45) is 0. The zero-order chi connectivity index (χ0) is 13.1. The van der Waals surface area contributed by atoms with Gasteiger partial charge in [-0.3, -0.25) is 0 Å². The van der Waals surface area contributed by atoms with Gasteiger partial charge in [0.15, 0.2) is 10.8 Å². The third-order valence-corrected chi connectivity index (χ3v) is 3.47. The van der Waals surface area contributed by atoms with Gasteiger partial charge >= 0.3 is 5.97 Å². The first-order valence-corrected chi connectivity index (χ1v) is 6.53. The number of carboxylic acid groups (broad SMARTS) is 1. The number of carbonyl (C=O) groups is 1. The highest BCUT2D eigenvalue weighted by atomic mass is 32.1. The summed E-state index contributed by atoms with van der Waals surface area (Å²) in [5, 5.41) is 11.2. The average Bonchev–Trinajstić information content (AvgIpc) is 2.82. The Hall–Kier alpha value is -1.88. The Morgan fingerprint density at radius 3 is 2.56 bits per heavy atom. The molecule has 1 aromatic carbocycles. The molecule has 0 amide bonds. The molecular formula is C13H14N2O2S. The van der Waals surface area contributed by atoms with Crippen molar-refractivity contribution < 1.29 is 9.90 Å². The Morgan fingerprint density at radius 2 is 2.06 bits per heavy atom. The number of carboxylic acids is 1. The molecule has 0 bridgehead atoms. The molecule has 4 nitrogen and oxygen atoms in total. The Kier molecular flexibility index (Phi) is 3.62. The molecule has 0 aliphatic heterocycles. The minimum absolute atomic E-state index is 0.0977. The van der Waals surface area contributed by atoms with Crippen LogP contribution in [0, 0.1) is 6.92 Å². The lowest BCUT2D eigenvalue weighted by Crippen LogP contribution is -2.16. The summed E-state index contributed by atoms with van der Waals surface area (Å²) in [5.41, 5.74) is 2.31. The number of hydrogen-bond donors (Lipinski definition) is 1. The van der Waals surface area contributed by atoms with Crippen molar-refractivity contribution in [3.05, 3.63) is 40.9 Å². The normalized spacial score (nSPS) is 10.3. The summed E-state index contributed by atoms with van der Waals surface area (Å²) >= 11 is 1.34. The number of hydrogen-bond acceptors (Lipinski definition) is 4. The lowest BCUT2D eigenvalue weighted by Gasteiger charge is -2.19. The molecule has 5 heteroatoms. The quantitative estimate of drug-likeness (QED) is 0.918. The van der Waals surface area contributed by atoms with E-state index >= 15 is 0 Å². The van der Waals surface area contributed by atoms with Crippen LogP contribution in [-0.4, -0.2) is 22.6 Å². The van der Waals surface area contributed by atoms with Crippen molar-refractivity contribution in [2.24, 2.45) is 0 Å². The molecule has 0 aliphatic rings. The first-order valence-electron chi connectivity index (χ1n) is 5.65. The Balaban J connectivity index is 2.32. The highest BCUT2D eigenvalue weighted by Gasteiger charge is 2.14. The molecule has 0 saturated carbocycles. The topological polar surface area (TPSA) is 53.4 Å². The zero-order valence-electron chi connectivity index (χ0n) is 10.3. The van der Waals surface area contributed by atoms with E-state index in [9.17, 15) is 4.79 Å². The minimum Gasteiger partial charge on any atom is -0.476 e. The second kappa shape index (κ2) is 5.18. The molecule has 2 aromatic rings. The number of thiazole rings is 1. The maximum Gasteiger partial charge on any atom is 0.355 e. The van der Waals surface area contributed by atoms with E-state index in [1.54, 1.807) is 5.38 Å². The molecular weight excluding hydrogens is 248 g/mol. The van der Waals surface area contributed by atoms with Crippen molar-refractivity contribution in [1.82, 2.24) is 4.98 Å². The van der Waals surface area contributed by atoms with Gasteiger partial charge in [-0.2, -0.15) is 0 Å². The molecule has 1 aromatic heterocycles. The first-order chi connectivity index (χ1) is 8.61. The molecule has 0 spiro atoms. The van der Waals surface area contributed by atoms with Crippen LogP contribution in [0.15, 0.2) is 29.6 Å². The van der Waals surface area contributed by atoms with Crippen molar-refractivity contribution in [2.75, 3.05) is 11.4 Å². The van der Waals surface area contributed by atoms with E-state index in [1.807, 2.05) is 43.0 Å². The number of aryl methyl sites for hydroxylation is 1. The smallest absolute Gasteiger partial charge is 0.355 e. The Morgan fingerprint density at radius 1 is 1.39 bits per heavy atom. The third-order valence-electron chi connectivity index (χ3n) is 2.60. The fourth-order valence-electron chi connectivity index (χ4n) is 1.64. The highest BCUT2D eigenvalue weighted by Crippen LogP contribution is 2.28. The van der Waals surface area contributed by atoms with Gasteiger partial charge in [0.05, 0.1) is 0 Å². The Bertz CT molecular complexity index is 548. The molecule has 0 fully saturated rings. The van der Waals surface area contributed by atoms with Gasteiger partial charge in [-0.05, 0) is 26.0 Å². The fourth-order valence-corrected chi connectivity index (χ4v) is 2.52. The minimum atomic E-state index is -0.988. The van der Waals surface area contributed by atoms with Crippen molar-refractivity contribution >= 4 is 28.1 Å². The number of aromatic carboxylic acids is 1. The standard InChI is InChI=1S/C13H14N2O2S/c1-3-15(10-6-4-9(2)5-7-10)13-14-11(8-18-13)12(16)17/h4-8H,3H2,1-2H3,(H,16,17). The second-order valence-electron chi connectivity index (χ2n) is 3.90. The summed E-state index contributed by atoms with van der Waals surface area (Å²) in [5.74, 6) is -0.988. The van der Waals surface area contributed by atoms with Crippen LogP contribution in [-0.2, 0) is 0 Å². The highest BCUT2D eigenvalue weighted by molar-refractivity contribution is 7.14. The summed E-state index contributed by atoms with van der Waals surface area (Å²) in [6.45, 7) is 4.79. The molecule has 2 rings (SSSR count). The van der Waals surface area contributed by atoms with Gasteiger partial charge < -0.3 is 10.0 Å². The molecule has 0 unspecified atom stereocenters. The number of rotatable bonds is 4. The van der Waals surface area contributed by atoms with E-state index < -0.39 is 5.97 Å². The average molecular weight is 262 g/mol. The second-order valence-corrected chi connectivity index (χ2v) is 4.74. The number of aromatic nitrogens is 1. The lowest BCUT2D eigenvalue weighted by molar-refractivity contribution is 0.0691. The van der Waals surface area contributed by atoms with Crippen molar-refractivity contribution in [2.45, 2.75) is 13.8 Å². The molecule has 1 heterocycles. The van der Waals surface area contributed by atoms with Crippen LogP contribution < -0.4 is 4.90 Å². The predicted molar refractivity (Wildman–Crippen MR) is 72.9 cm³/mol. The van der Waals surface area contributed by atoms with Gasteiger partial charge in [0, 0.05) is 17.6 Å². The number of benzene rings is 1. The monoisotopic (exact) mass is 262 g/mol. The molecule has 94 valence electrons. The summed E-state index contributed by atoms with van der Waals surface area (Å²) in [4.78, 5) is 17.0. The van der Waals surface area contributed by atoms with Gasteiger partial charge in [0.1, 0.15) is 0 Å². The SMILES string of the molecule is CCN(c1ccc(C)cc1)c1nc(C(=O)O)cs1. The van der Waals surface area contributed by atoms with Crippen LogP contribution in [0.1, 0.15) is 23.0 Å². The van der Waals surface area contributed by atoms with Gasteiger partial charge in [-0.15, -0.1) is 11.3 Å². The zero-order valence-corrected chi connectivity index (χ0v) is 11.1. The Labute approximate surface area is 110 Å². The van der Waals surface area contributed by atoms with Gasteiger partial charge in [0.2, 0.25) is 0 Å². The largest absolute Gasteiger partial charge is 0.476 e. The van der Waals surface area contributed by atoms with E-state index in [-0.39, 0.29) is 5.69 Å². The van der Waals surface area contributed by atoms with Crippen LogP contribution in [0.3, 0.4) is 0 Å². The molecule has 0 atom stereocenters. The van der Waals surface area contributed by atoms with Gasteiger partial charge in [0.25, 0.3) is 0 Å². The van der Waals surface area contributed by atoms with Crippen LogP contribution in [0.2, 0.25) is 0 Å². The van der Waals surface area contributed by atoms with Crippen LogP contribution in [0.4, 0.5) is 10.8 Å². The fraction of sp³-hybridized carbons (Fsp3) is 0.231. The maximum atomic E-state index is 10.8. The van der Waals surface area contributed by atoms with Crippen molar-refractivity contribution in [3.63, 3.8) is 0 Å². The predicted octanol–water partition coefficient (Wildman–Crippen LogP) is 3.31. The van der Waals surface area contributed by atoms with E-state index in [4.69, 9.17) is 5.11 Å². The van der Waals surface area contributed by atoms with E-state index in [0.29, 0.717) is 5.13 Å². The van der Waals surface area contributed by atoms with Gasteiger partial charge in [-0.1, -0.05) is 17.7 Å². The maximum absolute atomic E-state index is 10.8. The molecule has 1 N–H and O–H groups in total. The lowest BCUT2D eigenvalue weighted by atomic mass is 10.2. The summed E-state index contributed by atoms with van der Waals surface area (Å²) in [6, 6.07) is 8.09. The van der Waals surface area contributed by atoms with Crippen LogP contribution in [0.25, 0.3) is 0 Å². The van der Waals surface area contributed by atoms with E-state index in [0.717, 1.165) is 12.2 Å². The van der Waals surface area contributed by atoms with E-state index in [2.05, 4.69) is 4.98 Å². The van der Waals surface area contributed by atoms with Crippen molar-refractivity contribution in [1.29, 1.82) is 0 Å².